The number of likely N-dealkylation sites (N-methyl/N-ethyl adjacent to an activating group) is 1. The number of hydrogen-bond donors (Lipinski definition) is 1. The third-order valence-corrected chi connectivity index (χ3v) is 5.84. The Hall–Kier alpha value is -0.950. The molecule has 1 aliphatic rings. The zero-order valence-electron chi connectivity index (χ0n) is 13.0. The Bertz CT molecular complexity index is 557. The van der Waals surface area contributed by atoms with Gasteiger partial charge in [0, 0.05) is 32.2 Å². The molecule has 1 aliphatic heterocycles. The summed E-state index contributed by atoms with van der Waals surface area (Å²) in [6.45, 7) is 4.94. The molecule has 5 nitrogen and oxygen atoms in total. The Morgan fingerprint density at radius 1 is 1.19 bits per heavy atom. The summed E-state index contributed by atoms with van der Waals surface area (Å²) in [5.41, 5.74) is 2.01. The first kappa shape index (κ1) is 16.4. The highest BCUT2D eigenvalue weighted by Gasteiger charge is 2.31. The van der Waals surface area contributed by atoms with Gasteiger partial charge in [0.25, 0.3) is 0 Å². The molecule has 1 aromatic rings. The summed E-state index contributed by atoms with van der Waals surface area (Å²) < 4.78 is 26.8. The molecule has 1 saturated heterocycles. The molecule has 21 heavy (non-hydrogen) atoms. The summed E-state index contributed by atoms with van der Waals surface area (Å²) in [5, 5.41) is 3.08. The van der Waals surface area contributed by atoms with Crippen LogP contribution in [0.3, 0.4) is 0 Å². The van der Waals surface area contributed by atoms with Crippen molar-refractivity contribution in [2.24, 2.45) is 0 Å². The van der Waals surface area contributed by atoms with Gasteiger partial charge in [-0.05, 0) is 32.1 Å². The van der Waals surface area contributed by atoms with Crippen LogP contribution in [0.1, 0.15) is 18.1 Å². The Kier molecular flexibility index (Phi) is 5.37. The minimum Gasteiger partial charge on any atom is -0.316 e. The average molecular weight is 311 g/mol. The van der Waals surface area contributed by atoms with Crippen molar-refractivity contribution in [3.05, 3.63) is 35.4 Å². The second-order valence-corrected chi connectivity index (χ2v) is 7.75. The predicted molar refractivity (Wildman–Crippen MR) is 85.5 cm³/mol. The highest BCUT2D eigenvalue weighted by atomic mass is 32.2. The van der Waals surface area contributed by atoms with Gasteiger partial charge >= 0.3 is 0 Å². The van der Waals surface area contributed by atoms with Gasteiger partial charge in [-0.2, -0.15) is 4.31 Å². The van der Waals surface area contributed by atoms with Crippen LogP contribution in [-0.2, 0) is 22.3 Å². The maximum absolute atomic E-state index is 12.6. The molecule has 0 aliphatic carbocycles. The molecule has 1 aromatic carbocycles. The van der Waals surface area contributed by atoms with E-state index in [0.717, 1.165) is 30.8 Å². The summed E-state index contributed by atoms with van der Waals surface area (Å²) >= 11 is 0. The second kappa shape index (κ2) is 6.87. The lowest BCUT2D eigenvalue weighted by Crippen LogP contribution is -2.52. The van der Waals surface area contributed by atoms with Crippen LogP contribution in [0.25, 0.3) is 0 Å². The lowest BCUT2D eigenvalue weighted by atomic mass is 10.1. The number of piperazine rings is 1. The Balaban J connectivity index is 2.06. The molecule has 1 fully saturated rings. The average Bonchev–Trinajstić information content (AvgIpc) is 2.40. The Labute approximate surface area is 128 Å². The molecule has 1 atom stereocenters. The van der Waals surface area contributed by atoms with E-state index in [9.17, 15) is 8.42 Å². The summed E-state index contributed by atoms with van der Waals surface area (Å²) in [6.07, 6.45) is 0. The van der Waals surface area contributed by atoms with Crippen LogP contribution in [0.2, 0.25) is 0 Å². The van der Waals surface area contributed by atoms with Gasteiger partial charge in [0.15, 0.2) is 0 Å². The standard InChI is InChI=1S/C15H25N3O2S/c1-13-11-17(3)8-9-18(13)21(19,20)12-15-6-4-14(5-7-15)10-16-2/h4-7,13,16H,8-12H2,1-3H3. The number of hydrogen-bond acceptors (Lipinski definition) is 4. The smallest absolute Gasteiger partial charge is 0.218 e. The van der Waals surface area contributed by atoms with Gasteiger partial charge in [-0.3, -0.25) is 0 Å². The van der Waals surface area contributed by atoms with Crippen molar-refractivity contribution in [1.82, 2.24) is 14.5 Å². The molecule has 1 N–H and O–H groups in total. The van der Waals surface area contributed by atoms with E-state index in [1.54, 1.807) is 4.31 Å². The van der Waals surface area contributed by atoms with Crippen LogP contribution < -0.4 is 5.32 Å². The molecule has 0 amide bonds. The van der Waals surface area contributed by atoms with Crippen LogP contribution in [0.5, 0.6) is 0 Å². The quantitative estimate of drug-likeness (QED) is 0.877. The van der Waals surface area contributed by atoms with Crippen LogP contribution >= 0.6 is 0 Å². The van der Waals surface area contributed by atoms with Gasteiger partial charge < -0.3 is 10.2 Å². The maximum Gasteiger partial charge on any atom is 0.218 e. The zero-order valence-corrected chi connectivity index (χ0v) is 13.9. The highest BCUT2D eigenvalue weighted by molar-refractivity contribution is 7.88. The Morgan fingerprint density at radius 2 is 1.81 bits per heavy atom. The first-order valence-electron chi connectivity index (χ1n) is 7.33. The number of rotatable bonds is 5. The van der Waals surface area contributed by atoms with E-state index < -0.39 is 10.0 Å². The monoisotopic (exact) mass is 311 g/mol. The molecule has 0 bridgehead atoms. The SMILES string of the molecule is CNCc1ccc(CS(=O)(=O)N2CCN(C)CC2C)cc1. The molecule has 1 heterocycles. The predicted octanol–water partition coefficient (Wildman–Crippen LogP) is 0.872. The van der Waals surface area contributed by atoms with Gasteiger partial charge in [0.2, 0.25) is 10.0 Å². The van der Waals surface area contributed by atoms with E-state index in [2.05, 4.69) is 10.2 Å². The highest BCUT2D eigenvalue weighted by Crippen LogP contribution is 2.17. The fourth-order valence-corrected chi connectivity index (χ4v) is 4.54. The molecule has 1 unspecified atom stereocenters. The number of benzene rings is 1. The number of sulfonamides is 1. The van der Waals surface area contributed by atoms with Crippen LogP contribution in [0.4, 0.5) is 0 Å². The molecule has 0 saturated carbocycles. The van der Waals surface area contributed by atoms with E-state index >= 15 is 0 Å². The Morgan fingerprint density at radius 3 is 2.38 bits per heavy atom. The molecule has 6 heteroatoms. The van der Waals surface area contributed by atoms with Crippen molar-refractivity contribution in [2.45, 2.75) is 25.3 Å². The van der Waals surface area contributed by atoms with Gasteiger partial charge in [-0.15, -0.1) is 0 Å². The lowest BCUT2D eigenvalue weighted by Gasteiger charge is -2.37. The van der Waals surface area contributed by atoms with Gasteiger partial charge in [0.1, 0.15) is 0 Å². The van der Waals surface area contributed by atoms with Crippen LogP contribution in [0.15, 0.2) is 24.3 Å². The summed E-state index contributed by atoms with van der Waals surface area (Å²) in [5.74, 6) is 0.0842. The molecule has 118 valence electrons. The van der Waals surface area contributed by atoms with E-state index in [4.69, 9.17) is 0 Å². The van der Waals surface area contributed by atoms with E-state index in [1.165, 1.54) is 0 Å². The van der Waals surface area contributed by atoms with Crippen molar-refractivity contribution in [1.29, 1.82) is 0 Å². The van der Waals surface area contributed by atoms with E-state index in [1.807, 2.05) is 45.3 Å². The third kappa shape index (κ3) is 4.26. The molecule has 0 aromatic heterocycles. The van der Waals surface area contributed by atoms with Crippen molar-refractivity contribution in [2.75, 3.05) is 33.7 Å². The van der Waals surface area contributed by atoms with Crippen LogP contribution in [-0.4, -0.2) is 57.4 Å². The molecule has 0 radical (unpaired) electrons. The fourth-order valence-electron chi connectivity index (χ4n) is 2.79. The second-order valence-electron chi connectivity index (χ2n) is 5.83. The van der Waals surface area contributed by atoms with Crippen LogP contribution in [0, 0.1) is 0 Å². The molecular weight excluding hydrogens is 286 g/mol. The zero-order chi connectivity index (χ0) is 15.5. The lowest BCUT2D eigenvalue weighted by molar-refractivity contribution is 0.170. The summed E-state index contributed by atoms with van der Waals surface area (Å²) in [4.78, 5) is 2.17. The maximum atomic E-state index is 12.6. The van der Waals surface area contributed by atoms with Gasteiger partial charge in [0.05, 0.1) is 5.75 Å². The minimum atomic E-state index is -3.24. The van der Waals surface area contributed by atoms with Gasteiger partial charge in [-0.25, -0.2) is 8.42 Å². The van der Waals surface area contributed by atoms with E-state index in [-0.39, 0.29) is 11.8 Å². The summed E-state index contributed by atoms with van der Waals surface area (Å²) in [7, 11) is 0.682. The van der Waals surface area contributed by atoms with Crippen molar-refractivity contribution in [3.63, 3.8) is 0 Å². The number of nitrogens with one attached hydrogen (secondary N) is 1. The van der Waals surface area contributed by atoms with Crippen molar-refractivity contribution < 1.29 is 8.42 Å². The third-order valence-electron chi connectivity index (χ3n) is 3.88. The largest absolute Gasteiger partial charge is 0.316 e. The fraction of sp³-hybridized carbons (Fsp3) is 0.600. The van der Waals surface area contributed by atoms with E-state index in [0.29, 0.717) is 6.54 Å². The van der Waals surface area contributed by atoms with Crippen molar-refractivity contribution in [3.8, 4) is 0 Å². The molecule has 0 spiro atoms. The molecular formula is C15H25N3O2S. The summed E-state index contributed by atoms with van der Waals surface area (Å²) in [6, 6.07) is 7.82. The normalized spacial score (nSPS) is 21.6. The first-order valence-corrected chi connectivity index (χ1v) is 8.94. The number of nitrogens with zero attached hydrogens (tertiary/aromatic N) is 2. The topological polar surface area (TPSA) is 52.7 Å². The molecule has 2 rings (SSSR count). The van der Waals surface area contributed by atoms with Crippen molar-refractivity contribution >= 4 is 10.0 Å². The van der Waals surface area contributed by atoms with Gasteiger partial charge in [-0.1, -0.05) is 24.3 Å². The minimum absolute atomic E-state index is 0.0392. The first-order chi connectivity index (χ1) is 9.92.